The summed E-state index contributed by atoms with van der Waals surface area (Å²) in [7, 11) is -3.33. The molecule has 94 valence electrons. The summed E-state index contributed by atoms with van der Waals surface area (Å²) in [5.74, 6) is -0.0522. The maximum atomic E-state index is 11.9. The van der Waals surface area contributed by atoms with Gasteiger partial charge >= 0.3 is 0 Å². The van der Waals surface area contributed by atoms with Crippen molar-refractivity contribution in [3.8, 4) is 0 Å². The van der Waals surface area contributed by atoms with E-state index in [9.17, 15) is 13.5 Å². The van der Waals surface area contributed by atoms with Gasteiger partial charge in [0.05, 0.1) is 11.4 Å². The molecule has 1 fully saturated rings. The van der Waals surface area contributed by atoms with Crippen molar-refractivity contribution in [3.05, 3.63) is 29.8 Å². The van der Waals surface area contributed by atoms with Crippen LogP contribution in [-0.2, 0) is 15.8 Å². The first-order valence-electron chi connectivity index (χ1n) is 5.33. The van der Waals surface area contributed by atoms with Crippen molar-refractivity contribution in [2.45, 2.75) is 18.3 Å². The molecular weight excluding hydrogens is 240 g/mol. The molecule has 0 bridgehead atoms. The molecule has 3 N–H and O–H groups in total. The minimum absolute atomic E-state index is 0.0522. The fourth-order valence-corrected chi connectivity index (χ4v) is 3.57. The lowest BCUT2D eigenvalue weighted by Gasteiger charge is -2.42. The van der Waals surface area contributed by atoms with Crippen LogP contribution in [0.1, 0.15) is 12.5 Å². The molecule has 2 rings (SSSR count). The Morgan fingerprint density at radius 3 is 2.35 bits per heavy atom. The molecule has 0 spiro atoms. The minimum atomic E-state index is -3.33. The fourth-order valence-electron chi connectivity index (χ4n) is 1.83. The van der Waals surface area contributed by atoms with Crippen LogP contribution in [0.15, 0.2) is 24.3 Å². The zero-order valence-corrected chi connectivity index (χ0v) is 10.4. The quantitative estimate of drug-likeness (QED) is 0.755. The van der Waals surface area contributed by atoms with Gasteiger partial charge in [-0.2, -0.15) is 4.31 Å². The summed E-state index contributed by atoms with van der Waals surface area (Å²) in [6.07, 6.45) is 0. The molecule has 5 nitrogen and oxygen atoms in total. The molecule has 0 atom stereocenters. The van der Waals surface area contributed by atoms with Crippen molar-refractivity contribution in [2.24, 2.45) is 0 Å². The first kappa shape index (κ1) is 12.3. The highest BCUT2D eigenvalue weighted by Gasteiger charge is 2.43. The molecule has 1 aliphatic heterocycles. The molecule has 0 saturated carbocycles. The van der Waals surface area contributed by atoms with Crippen molar-refractivity contribution >= 4 is 15.7 Å². The van der Waals surface area contributed by atoms with Gasteiger partial charge in [-0.15, -0.1) is 0 Å². The maximum absolute atomic E-state index is 11.9. The molecule has 17 heavy (non-hydrogen) atoms. The topological polar surface area (TPSA) is 83.6 Å². The molecule has 0 aliphatic carbocycles. The van der Waals surface area contributed by atoms with Gasteiger partial charge in [-0.05, 0) is 24.6 Å². The lowest BCUT2D eigenvalue weighted by Crippen LogP contribution is -2.61. The molecule has 1 heterocycles. The van der Waals surface area contributed by atoms with Gasteiger partial charge in [0.15, 0.2) is 0 Å². The second-order valence-electron chi connectivity index (χ2n) is 4.76. The number of rotatable bonds is 3. The second kappa shape index (κ2) is 3.97. The third-order valence-electron chi connectivity index (χ3n) is 2.76. The van der Waals surface area contributed by atoms with E-state index in [0.29, 0.717) is 11.3 Å². The minimum Gasteiger partial charge on any atom is -0.399 e. The molecule has 1 aromatic rings. The van der Waals surface area contributed by atoms with Crippen molar-refractivity contribution in [1.82, 2.24) is 4.31 Å². The van der Waals surface area contributed by atoms with E-state index < -0.39 is 15.6 Å². The smallest absolute Gasteiger partial charge is 0.218 e. The molecule has 0 aromatic heterocycles. The zero-order chi connectivity index (χ0) is 12.7. The Morgan fingerprint density at radius 1 is 1.35 bits per heavy atom. The SMILES string of the molecule is CC1(O)CN(S(=O)(=O)Cc2ccc(N)cc2)C1. The van der Waals surface area contributed by atoms with Crippen LogP contribution in [0.4, 0.5) is 5.69 Å². The molecule has 0 amide bonds. The van der Waals surface area contributed by atoms with Crippen LogP contribution in [0.3, 0.4) is 0 Å². The van der Waals surface area contributed by atoms with Gasteiger partial charge in [-0.3, -0.25) is 0 Å². The number of aliphatic hydroxyl groups is 1. The summed E-state index contributed by atoms with van der Waals surface area (Å²) in [5.41, 5.74) is 5.96. The van der Waals surface area contributed by atoms with Gasteiger partial charge < -0.3 is 10.8 Å². The number of nitrogens with zero attached hydrogens (tertiary/aromatic N) is 1. The highest BCUT2D eigenvalue weighted by atomic mass is 32.2. The van der Waals surface area contributed by atoms with Gasteiger partial charge in [0.25, 0.3) is 0 Å². The lowest BCUT2D eigenvalue weighted by atomic mass is 10.0. The molecule has 6 heteroatoms. The maximum Gasteiger partial charge on any atom is 0.218 e. The average Bonchev–Trinajstić information content (AvgIpc) is 2.18. The van der Waals surface area contributed by atoms with Crippen LogP contribution < -0.4 is 5.73 Å². The number of hydrogen-bond donors (Lipinski definition) is 2. The molecule has 1 saturated heterocycles. The molecule has 1 aromatic carbocycles. The number of hydrogen-bond acceptors (Lipinski definition) is 4. The summed E-state index contributed by atoms with van der Waals surface area (Å²) in [5, 5.41) is 9.53. The van der Waals surface area contributed by atoms with Crippen LogP contribution >= 0.6 is 0 Å². The number of nitrogen functional groups attached to an aromatic ring is 1. The Morgan fingerprint density at radius 2 is 1.88 bits per heavy atom. The number of anilines is 1. The number of β-amino-alcohol motifs (C(OH)–C–C–N with tert-alkyl or cyclic N) is 1. The largest absolute Gasteiger partial charge is 0.399 e. The van der Waals surface area contributed by atoms with Crippen molar-refractivity contribution in [2.75, 3.05) is 18.8 Å². The highest BCUT2D eigenvalue weighted by molar-refractivity contribution is 7.88. The van der Waals surface area contributed by atoms with Gasteiger partial charge in [-0.25, -0.2) is 8.42 Å². The van der Waals surface area contributed by atoms with Crippen LogP contribution in [0.2, 0.25) is 0 Å². The average molecular weight is 256 g/mol. The van der Waals surface area contributed by atoms with Gasteiger partial charge in [-0.1, -0.05) is 12.1 Å². The third-order valence-corrected chi connectivity index (χ3v) is 4.50. The van der Waals surface area contributed by atoms with E-state index in [1.807, 2.05) is 0 Å². The van der Waals surface area contributed by atoms with Crippen LogP contribution in [0.5, 0.6) is 0 Å². The van der Waals surface area contributed by atoms with E-state index in [4.69, 9.17) is 5.73 Å². The van der Waals surface area contributed by atoms with Crippen LogP contribution in [-0.4, -0.2) is 36.5 Å². The Hall–Kier alpha value is -1.11. The van der Waals surface area contributed by atoms with E-state index >= 15 is 0 Å². The Bertz CT molecular complexity index is 500. The van der Waals surface area contributed by atoms with E-state index in [1.165, 1.54) is 4.31 Å². The zero-order valence-electron chi connectivity index (χ0n) is 9.63. The molecular formula is C11H16N2O3S. The molecule has 0 radical (unpaired) electrons. The van der Waals surface area contributed by atoms with E-state index in [0.717, 1.165) is 0 Å². The summed E-state index contributed by atoms with van der Waals surface area (Å²) in [4.78, 5) is 0. The number of sulfonamides is 1. The first-order valence-corrected chi connectivity index (χ1v) is 6.94. The number of nitrogens with two attached hydrogens (primary N) is 1. The third kappa shape index (κ3) is 2.77. The summed E-state index contributed by atoms with van der Waals surface area (Å²) in [6, 6.07) is 6.75. The highest BCUT2D eigenvalue weighted by Crippen LogP contribution is 2.25. The second-order valence-corrected chi connectivity index (χ2v) is 6.73. The molecule has 0 unspecified atom stereocenters. The summed E-state index contributed by atoms with van der Waals surface area (Å²) < 4.78 is 25.2. The fraction of sp³-hybridized carbons (Fsp3) is 0.455. The molecule has 1 aliphatic rings. The lowest BCUT2D eigenvalue weighted by molar-refractivity contribution is -0.0427. The van der Waals surface area contributed by atoms with Crippen LogP contribution in [0.25, 0.3) is 0 Å². The Labute approximate surface area is 101 Å². The van der Waals surface area contributed by atoms with E-state index in [2.05, 4.69) is 0 Å². The van der Waals surface area contributed by atoms with Gasteiger partial charge in [0.2, 0.25) is 10.0 Å². The first-order chi connectivity index (χ1) is 7.78. The Kier molecular flexibility index (Phi) is 2.89. The van der Waals surface area contributed by atoms with Crippen molar-refractivity contribution in [3.63, 3.8) is 0 Å². The summed E-state index contributed by atoms with van der Waals surface area (Å²) >= 11 is 0. The number of benzene rings is 1. The van der Waals surface area contributed by atoms with E-state index in [-0.39, 0.29) is 18.8 Å². The van der Waals surface area contributed by atoms with Crippen molar-refractivity contribution in [1.29, 1.82) is 0 Å². The van der Waals surface area contributed by atoms with Crippen LogP contribution in [0, 0.1) is 0 Å². The summed E-state index contributed by atoms with van der Waals surface area (Å²) in [6.45, 7) is 1.97. The van der Waals surface area contributed by atoms with Crippen molar-refractivity contribution < 1.29 is 13.5 Å². The normalized spacial score (nSPS) is 19.9. The predicted octanol–water partition coefficient (Wildman–Crippen LogP) is 0.165. The monoisotopic (exact) mass is 256 g/mol. The van der Waals surface area contributed by atoms with Gasteiger partial charge in [0.1, 0.15) is 0 Å². The Balaban J connectivity index is 2.06. The van der Waals surface area contributed by atoms with E-state index in [1.54, 1.807) is 31.2 Å². The van der Waals surface area contributed by atoms with Gasteiger partial charge in [0, 0.05) is 18.8 Å². The standard InChI is InChI=1S/C11H16N2O3S/c1-11(14)7-13(8-11)17(15,16)6-9-2-4-10(12)5-3-9/h2-5,14H,6-8,12H2,1H3. The predicted molar refractivity (Wildman–Crippen MR) is 65.7 cm³/mol.